The molecule has 1 N–H and O–H groups in total. The van der Waals surface area contributed by atoms with E-state index in [2.05, 4.69) is 22.0 Å². The van der Waals surface area contributed by atoms with Crippen LogP contribution in [0.1, 0.15) is 17.5 Å². The van der Waals surface area contributed by atoms with Gasteiger partial charge >= 0.3 is 0 Å². The molecule has 2 saturated heterocycles. The molecule has 0 radical (unpaired) electrons. The number of fused-ring (bicyclic) bond motifs is 2. The van der Waals surface area contributed by atoms with Crippen LogP contribution in [0.2, 0.25) is 0 Å². The summed E-state index contributed by atoms with van der Waals surface area (Å²) in [5, 5.41) is 3.35. The van der Waals surface area contributed by atoms with Gasteiger partial charge < -0.3 is 9.73 Å². The molecule has 1 aromatic rings. The lowest BCUT2D eigenvalue weighted by Gasteiger charge is -2.50. The highest BCUT2D eigenvalue weighted by Gasteiger charge is 2.47. The molecule has 2 bridgehead atoms. The lowest BCUT2D eigenvalue weighted by atomic mass is 9.78. The number of rotatable bonds is 3. The highest BCUT2D eigenvalue weighted by atomic mass is 16.3. The number of carbonyl (C=O) groups is 1. The highest BCUT2D eigenvalue weighted by Crippen LogP contribution is 2.31. The summed E-state index contributed by atoms with van der Waals surface area (Å²) in [5.41, 5.74) is -0.357. The average molecular weight is 249 g/mol. The third-order valence-corrected chi connectivity index (χ3v) is 3.93. The fraction of sp³-hybridized carbons (Fsp3) is 0.615. The van der Waals surface area contributed by atoms with Crippen molar-refractivity contribution in [3.8, 4) is 0 Å². The van der Waals surface area contributed by atoms with Crippen molar-refractivity contribution in [3.63, 3.8) is 0 Å². The van der Waals surface area contributed by atoms with E-state index >= 15 is 0 Å². The van der Waals surface area contributed by atoms with Crippen molar-refractivity contribution in [3.05, 3.63) is 24.2 Å². The summed E-state index contributed by atoms with van der Waals surface area (Å²) in [5.74, 6) is 0.611. The zero-order valence-electron chi connectivity index (χ0n) is 10.7. The molecule has 5 nitrogen and oxygen atoms in total. The van der Waals surface area contributed by atoms with Crippen molar-refractivity contribution in [2.75, 3.05) is 39.5 Å². The van der Waals surface area contributed by atoms with E-state index in [1.54, 1.807) is 18.4 Å². The van der Waals surface area contributed by atoms with Crippen LogP contribution in [0.5, 0.6) is 0 Å². The lowest BCUT2D eigenvalue weighted by molar-refractivity contribution is -0.0274. The van der Waals surface area contributed by atoms with E-state index in [4.69, 9.17) is 4.42 Å². The molecule has 1 aromatic heterocycles. The van der Waals surface area contributed by atoms with Crippen LogP contribution in [0.15, 0.2) is 22.8 Å². The number of carbonyl (C=O) groups excluding carboxylic acids is 1. The normalized spacial score (nSPS) is 32.4. The third-order valence-electron chi connectivity index (χ3n) is 3.93. The lowest BCUT2D eigenvalue weighted by Crippen LogP contribution is -2.67. The summed E-state index contributed by atoms with van der Waals surface area (Å²) in [7, 11) is 0. The summed E-state index contributed by atoms with van der Waals surface area (Å²) in [6.07, 6.45) is 1.57. The second-order valence-electron chi connectivity index (χ2n) is 5.29. The van der Waals surface area contributed by atoms with Crippen LogP contribution < -0.4 is 5.32 Å². The topological polar surface area (TPSA) is 48.7 Å². The van der Waals surface area contributed by atoms with Crippen LogP contribution in [0.4, 0.5) is 0 Å². The van der Waals surface area contributed by atoms with Gasteiger partial charge in [0.1, 0.15) is 0 Å². The molecule has 0 saturated carbocycles. The molecule has 0 aliphatic carbocycles. The second kappa shape index (κ2) is 4.50. The highest BCUT2D eigenvalue weighted by molar-refractivity contribution is 5.99. The standard InChI is InChI=1S/C13H19N3O2/c1-2-15-7-13(6-14-9-16(8-13)10-15)12(17)11-4-3-5-18-11/h3-5,14H,2,6-10H2,1H3. The smallest absolute Gasteiger partial charge is 0.207 e. The van der Waals surface area contributed by atoms with Crippen molar-refractivity contribution in [2.45, 2.75) is 6.92 Å². The maximum Gasteiger partial charge on any atom is 0.207 e. The van der Waals surface area contributed by atoms with Crippen molar-refractivity contribution < 1.29 is 9.21 Å². The van der Waals surface area contributed by atoms with E-state index in [9.17, 15) is 4.79 Å². The maximum absolute atomic E-state index is 12.7. The first kappa shape index (κ1) is 11.9. The molecule has 2 aliphatic rings. The Morgan fingerprint density at radius 2 is 2.44 bits per heavy atom. The molecule has 3 heterocycles. The first-order valence-corrected chi connectivity index (χ1v) is 6.47. The van der Waals surface area contributed by atoms with Gasteiger partial charge in [-0.3, -0.25) is 14.6 Å². The predicted octanol–water partition coefficient (Wildman–Crippen LogP) is 0.604. The Labute approximate surface area is 107 Å². The molecule has 18 heavy (non-hydrogen) atoms. The molecular weight excluding hydrogens is 230 g/mol. The number of nitrogens with one attached hydrogen (secondary N) is 1. The molecule has 2 fully saturated rings. The molecule has 98 valence electrons. The summed E-state index contributed by atoms with van der Waals surface area (Å²) < 4.78 is 5.29. The van der Waals surface area contributed by atoms with E-state index in [1.807, 2.05) is 0 Å². The van der Waals surface area contributed by atoms with E-state index in [1.165, 1.54) is 0 Å². The Morgan fingerprint density at radius 3 is 3.17 bits per heavy atom. The van der Waals surface area contributed by atoms with E-state index in [0.717, 1.165) is 39.5 Å². The molecular formula is C13H19N3O2. The summed E-state index contributed by atoms with van der Waals surface area (Å²) in [4.78, 5) is 17.3. The number of nitrogens with zero attached hydrogens (tertiary/aromatic N) is 2. The minimum atomic E-state index is -0.357. The van der Waals surface area contributed by atoms with Crippen LogP contribution in [0, 0.1) is 5.41 Å². The Balaban J connectivity index is 1.89. The fourth-order valence-electron chi connectivity index (χ4n) is 3.06. The second-order valence-corrected chi connectivity index (χ2v) is 5.29. The van der Waals surface area contributed by atoms with Crippen molar-refractivity contribution in [1.82, 2.24) is 15.1 Å². The van der Waals surface area contributed by atoms with Crippen LogP contribution in [-0.2, 0) is 0 Å². The van der Waals surface area contributed by atoms with Crippen LogP contribution >= 0.6 is 0 Å². The number of Topliss-reactive ketones (excluding diaryl/α,β-unsaturated/α-hetero) is 1. The maximum atomic E-state index is 12.7. The van der Waals surface area contributed by atoms with Crippen molar-refractivity contribution in [1.29, 1.82) is 0 Å². The average Bonchev–Trinajstić information content (AvgIpc) is 2.91. The van der Waals surface area contributed by atoms with Gasteiger partial charge in [-0.2, -0.15) is 0 Å². The SMILES string of the molecule is CCN1CN2CNCC(C(=O)c3ccco3)(C1)C2. The molecule has 0 amide bonds. The first-order chi connectivity index (χ1) is 8.73. The van der Waals surface area contributed by atoms with Crippen molar-refractivity contribution in [2.24, 2.45) is 5.41 Å². The minimum Gasteiger partial charge on any atom is -0.461 e. The van der Waals surface area contributed by atoms with Gasteiger partial charge in [0.2, 0.25) is 5.78 Å². The van der Waals surface area contributed by atoms with Gasteiger partial charge in [-0.15, -0.1) is 0 Å². The first-order valence-electron chi connectivity index (χ1n) is 6.47. The Bertz CT molecular complexity index is 431. The minimum absolute atomic E-state index is 0.128. The molecule has 2 unspecified atom stereocenters. The van der Waals surface area contributed by atoms with Crippen LogP contribution in [-0.4, -0.2) is 55.1 Å². The molecule has 5 heteroatoms. The monoisotopic (exact) mass is 249 g/mol. The van der Waals surface area contributed by atoms with Gasteiger partial charge in [-0.1, -0.05) is 6.92 Å². The van der Waals surface area contributed by atoms with Crippen LogP contribution in [0.25, 0.3) is 0 Å². The van der Waals surface area contributed by atoms with Crippen LogP contribution in [0.3, 0.4) is 0 Å². The number of hydrogen-bond acceptors (Lipinski definition) is 5. The Kier molecular flexibility index (Phi) is 2.97. The quantitative estimate of drug-likeness (QED) is 0.795. The third kappa shape index (κ3) is 1.88. The fourth-order valence-corrected chi connectivity index (χ4v) is 3.06. The molecule has 0 aromatic carbocycles. The van der Waals surface area contributed by atoms with Crippen molar-refractivity contribution >= 4 is 5.78 Å². The summed E-state index contributed by atoms with van der Waals surface area (Å²) in [6.45, 7) is 7.30. The van der Waals surface area contributed by atoms with E-state index < -0.39 is 0 Å². The zero-order chi connectivity index (χ0) is 12.6. The van der Waals surface area contributed by atoms with E-state index in [0.29, 0.717) is 5.76 Å². The molecule has 2 aliphatic heterocycles. The van der Waals surface area contributed by atoms with E-state index in [-0.39, 0.29) is 11.2 Å². The van der Waals surface area contributed by atoms with Gasteiger partial charge in [0.05, 0.1) is 18.3 Å². The number of hydrogen-bond donors (Lipinski definition) is 1. The largest absolute Gasteiger partial charge is 0.461 e. The van der Waals surface area contributed by atoms with Gasteiger partial charge in [0.15, 0.2) is 5.76 Å². The molecule has 2 atom stereocenters. The number of ketones is 1. The Hall–Kier alpha value is -1.17. The molecule has 0 spiro atoms. The van der Waals surface area contributed by atoms with Gasteiger partial charge in [-0.05, 0) is 18.7 Å². The predicted molar refractivity (Wildman–Crippen MR) is 67.2 cm³/mol. The Morgan fingerprint density at radius 1 is 1.56 bits per heavy atom. The number of furan rings is 1. The van der Waals surface area contributed by atoms with Gasteiger partial charge in [0, 0.05) is 26.3 Å². The zero-order valence-corrected chi connectivity index (χ0v) is 10.7. The van der Waals surface area contributed by atoms with Gasteiger partial charge in [0.25, 0.3) is 0 Å². The summed E-state index contributed by atoms with van der Waals surface area (Å²) >= 11 is 0. The molecule has 3 rings (SSSR count). The summed E-state index contributed by atoms with van der Waals surface area (Å²) in [6, 6.07) is 3.54. The van der Waals surface area contributed by atoms with Gasteiger partial charge in [-0.25, -0.2) is 0 Å².